The molecule has 1 aromatic rings. The number of carbonyl (C=O) groups excluding carboxylic acids is 1. The molecule has 0 heterocycles. The minimum absolute atomic E-state index is 0.0120. The predicted octanol–water partition coefficient (Wildman–Crippen LogP) is 2.58. The van der Waals surface area contributed by atoms with Gasteiger partial charge in [-0.3, -0.25) is 4.79 Å². The molecule has 0 saturated heterocycles. The summed E-state index contributed by atoms with van der Waals surface area (Å²) in [6, 6.07) is 6.07. The van der Waals surface area contributed by atoms with Gasteiger partial charge >= 0.3 is 5.97 Å². The van der Waals surface area contributed by atoms with E-state index in [1.54, 1.807) is 12.1 Å². The molecule has 1 N–H and O–H groups in total. The molecule has 1 atom stereocenters. The highest BCUT2D eigenvalue weighted by Crippen LogP contribution is 2.12. The number of hydrogen-bond donors (Lipinski definition) is 1. The van der Waals surface area contributed by atoms with E-state index in [1.807, 2.05) is 6.92 Å². The van der Waals surface area contributed by atoms with Crippen LogP contribution in [0.25, 0.3) is 0 Å². The summed E-state index contributed by atoms with van der Waals surface area (Å²) in [5.74, 6) is -0.520. The second kappa shape index (κ2) is 6.10. The van der Waals surface area contributed by atoms with Crippen molar-refractivity contribution in [3.8, 4) is 0 Å². The second-order valence-electron chi connectivity index (χ2n) is 3.54. The van der Waals surface area contributed by atoms with Gasteiger partial charge < -0.3 is 10.1 Å². The van der Waals surface area contributed by atoms with E-state index in [1.165, 1.54) is 19.2 Å². The Morgan fingerprint density at radius 2 is 2.06 bits per heavy atom. The van der Waals surface area contributed by atoms with Crippen LogP contribution in [0.15, 0.2) is 24.3 Å². The third-order valence-corrected chi connectivity index (χ3v) is 2.35. The van der Waals surface area contributed by atoms with Crippen LogP contribution in [-0.4, -0.2) is 19.1 Å². The molecule has 16 heavy (non-hydrogen) atoms. The molecular weight excluding hydrogens is 209 g/mol. The van der Waals surface area contributed by atoms with Crippen molar-refractivity contribution in [2.45, 2.75) is 25.8 Å². The quantitative estimate of drug-likeness (QED) is 0.783. The maximum Gasteiger partial charge on any atom is 0.307 e. The van der Waals surface area contributed by atoms with Crippen LogP contribution in [0.4, 0.5) is 10.1 Å². The lowest BCUT2D eigenvalue weighted by Gasteiger charge is -2.16. The summed E-state index contributed by atoms with van der Waals surface area (Å²) in [5, 5.41) is 3.15. The Bertz CT molecular complexity index is 337. The second-order valence-corrected chi connectivity index (χ2v) is 3.54. The third kappa shape index (κ3) is 3.88. The molecule has 0 aliphatic rings. The summed E-state index contributed by atoms with van der Waals surface area (Å²) in [4.78, 5) is 11.1. The number of ether oxygens (including phenoxy) is 1. The number of benzene rings is 1. The maximum absolute atomic E-state index is 12.7. The molecule has 1 rings (SSSR count). The number of esters is 1. The van der Waals surface area contributed by atoms with Gasteiger partial charge in [-0.25, -0.2) is 4.39 Å². The number of carbonyl (C=O) groups is 1. The number of rotatable bonds is 5. The molecular formula is C12H16FNO2. The van der Waals surface area contributed by atoms with Gasteiger partial charge in [-0.2, -0.15) is 0 Å². The highest BCUT2D eigenvalue weighted by molar-refractivity contribution is 5.70. The van der Waals surface area contributed by atoms with Crippen molar-refractivity contribution in [2.24, 2.45) is 0 Å². The number of hydrogen-bond acceptors (Lipinski definition) is 3. The molecule has 0 radical (unpaired) electrons. The van der Waals surface area contributed by atoms with Gasteiger partial charge in [0.1, 0.15) is 5.82 Å². The molecule has 88 valence electrons. The van der Waals surface area contributed by atoms with Crippen molar-refractivity contribution in [3.63, 3.8) is 0 Å². The summed E-state index contributed by atoms with van der Waals surface area (Å²) in [5.41, 5.74) is 0.803. The van der Waals surface area contributed by atoms with Crippen LogP contribution in [0.2, 0.25) is 0 Å². The highest BCUT2D eigenvalue weighted by Gasteiger charge is 2.11. The molecule has 3 nitrogen and oxygen atoms in total. The van der Waals surface area contributed by atoms with Gasteiger partial charge in [-0.1, -0.05) is 6.92 Å². The molecule has 0 fully saturated rings. The Kier molecular flexibility index (Phi) is 4.76. The third-order valence-electron chi connectivity index (χ3n) is 2.35. The Hall–Kier alpha value is -1.58. The van der Waals surface area contributed by atoms with Crippen molar-refractivity contribution in [2.75, 3.05) is 12.4 Å². The van der Waals surface area contributed by atoms with E-state index in [2.05, 4.69) is 10.1 Å². The predicted molar refractivity (Wildman–Crippen MR) is 60.7 cm³/mol. The lowest BCUT2D eigenvalue weighted by molar-refractivity contribution is -0.140. The fraction of sp³-hybridized carbons (Fsp3) is 0.417. The number of nitrogens with one attached hydrogen (secondary N) is 1. The fourth-order valence-electron chi connectivity index (χ4n) is 1.36. The standard InChI is InChI=1S/C12H16FNO2/c1-3-10(8-12(15)16-2)14-11-6-4-9(13)5-7-11/h4-7,10,14H,3,8H2,1-2H3/t10-/m0/s1. The number of halogens is 1. The van der Waals surface area contributed by atoms with E-state index in [0.717, 1.165) is 12.1 Å². The van der Waals surface area contributed by atoms with Gasteiger partial charge in [-0.05, 0) is 30.7 Å². The first-order valence-corrected chi connectivity index (χ1v) is 5.24. The van der Waals surface area contributed by atoms with Crippen LogP contribution >= 0.6 is 0 Å². The fourth-order valence-corrected chi connectivity index (χ4v) is 1.36. The van der Waals surface area contributed by atoms with Crippen molar-refractivity contribution < 1.29 is 13.9 Å². The maximum atomic E-state index is 12.7. The van der Waals surface area contributed by atoms with Crippen LogP contribution in [0.3, 0.4) is 0 Å². The minimum atomic E-state index is -0.272. The first-order valence-electron chi connectivity index (χ1n) is 5.24. The minimum Gasteiger partial charge on any atom is -0.469 e. The Morgan fingerprint density at radius 3 is 2.56 bits per heavy atom. The topological polar surface area (TPSA) is 38.3 Å². The first kappa shape index (κ1) is 12.5. The van der Waals surface area contributed by atoms with Gasteiger partial charge in [-0.15, -0.1) is 0 Å². The van der Waals surface area contributed by atoms with Crippen molar-refractivity contribution in [1.29, 1.82) is 0 Å². The molecule has 0 aromatic heterocycles. The highest BCUT2D eigenvalue weighted by atomic mass is 19.1. The first-order chi connectivity index (χ1) is 7.65. The van der Waals surface area contributed by atoms with Crippen LogP contribution in [0, 0.1) is 5.82 Å². The molecule has 0 saturated carbocycles. The van der Waals surface area contributed by atoms with E-state index in [-0.39, 0.29) is 17.8 Å². The van der Waals surface area contributed by atoms with Crippen molar-refractivity contribution in [3.05, 3.63) is 30.1 Å². The van der Waals surface area contributed by atoms with E-state index < -0.39 is 0 Å². The van der Waals surface area contributed by atoms with Crippen LogP contribution in [-0.2, 0) is 9.53 Å². The van der Waals surface area contributed by atoms with Crippen LogP contribution < -0.4 is 5.32 Å². The van der Waals surface area contributed by atoms with Crippen molar-refractivity contribution in [1.82, 2.24) is 0 Å². The molecule has 0 unspecified atom stereocenters. The zero-order chi connectivity index (χ0) is 12.0. The zero-order valence-electron chi connectivity index (χ0n) is 9.50. The monoisotopic (exact) mass is 225 g/mol. The summed E-state index contributed by atoms with van der Waals surface area (Å²) >= 11 is 0. The lowest BCUT2D eigenvalue weighted by Crippen LogP contribution is -2.22. The van der Waals surface area contributed by atoms with Gasteiger partial charge in [0.25, 0.3) is 0 Å². The van der Waals surface area contributed by atoms with Crippen LogP contribution in [0.1, 0.15) is 19.8 Å². The lowest BCUT2D eigenvalue weighted by atomic mass is 10.1. The molecule has 0 aliphatic carbocycles. The molecule has 0 spiro atoms. The van der Waals surface area contributed by atoms with E-state index in [0.29, 0.717) is 6.42 Å². The average Bonchev–Trinajstić information content (AvgIpc) is 2.30. The number of anilines is 1. The average molecular weight is 225 g/mol. The summed E-state index contributed by atoms with van der Waals surface area (Å²) in [6.07, 6.45) is 1.11. The van der Waals surface area contributed by atoms with Crippen LogP contribution in [0.5, 0.6) is 0 Å². The largest absolute Gasteiger partial charge is 0.469 e. The van der Waals surface area contributed by atoms with E-state index >= 15 is 0 Å². The Labute approximate surface area is 94.6 Å². The van der Waals surface area contributed by atoms with Gasteiger partial charge in [0.15, 0.2) is 0 Å². The Morgan fingerprint density at radius 1 is 1.44 bits per heavy atom. The van der Waals surface area contributed by atoms with Gasteiger partial charge in [0, 0.05) is 11.7 Å². The van der Waals surface area contributed by atoms with E-state index in [9.17, 15) is 9.18 Å². The molecule has 0 aliphatic heterocycles. The normalized spacial score (nSPS) is 11.9. The zero-order valence-corrected chi connectivity index (χ0v) is 9.50. The molecule has 4 heteroatoms. The summed E-state index contributed by atoms with van der Waals surface area (Å²) < 4.78 is 17.3. The number of methoxy groups -OCH3 is 1. The molecule has 0 amide bonds. The molecule has 0 bridgehead atoms. The van der Waals surface area contributed by atoms with Crippen molar-refractivity contribution >= 4 is 11.7 Å². The molecule has 1 aromatic carbocycles. The Balaban J connectivity index is 2.56. The SMILES string of the molecule is CC[C@@H](CC(=O)OC)Nc1ccc(F)cc1. The summed E-state index contributed by atoms with van der Waals surface area (Å²) in [6.45, 7) is 1.98. The van der Waals surface area contributed by atoms with Gasteiger partial charge in [0.2, 0.25) is 0 Å². The smallest absolute Gasteiger partial charge is 0.307 e. The summed E-state index contributed by atoms with van der Waals surface area (Å²) in [7, 11) is 1.37. The van der Waals surface area contributed by atoms with E-state index in [4.69, 9.17) is 0 Å². The van der Waals surface area contributed by atoms with Gasteiger partial charge in [0.05, 0.1) is 13.5 Å².